The number of phenols is 1. The van der Waals surface area contributed by atoms with Crippen LogP contribution in [0, 0.1) is 11.3 Å². The van der Waals surface area contributed by atoms with Crippen molar-refractivity contribution in [3.8, 4) is 23.1 Å². The topological polar surface area (TPSA) is 130 Å². The van der Waals surface area contributed by atoms with Crippen LogP contribution in [0.4, 0.5) is 0 Å². The normalized spacial score (nSPS) is 11.9. The number of aryl methyl sites for hydroxylation is 1. The first-order valence-corrected chi connectivity index (χ1v) is 16.1. The number of ether oxygens (including phenoxy) is 1. The van der Waals surface area contributed by atoms with Crippen molar-refractivity contribution < 1.29 is 14.9 Å². The number of hydrogen-bond acceptors (Lipinski definition) is 8. The summed E-state index contributed by atoms with van der Waals surface area (Å²) in [6, 6.07) is 11.1. The molecule has 2 aromatic carbocycles. The number of aromatic hydroxyl groups is 1. The van der Waals surface area contributed by atoms with Gasteiger partial charge in [-0.05, 0) is 29.8 Å². The molecule has 0 amide bonds. The smallest absolute Gasteiger partial charge is 0.279 e. The minimum atomic E-state index is -1.34. The fourth-order valence-electron chi connectivity index (χ4n) is 3.88. The maximum Gasteiger partial charge on any atom is 0.279 e. The molecule has 0 fully saturated rings. The van der Waals surface area contributed by atoms with E-state index >= 15 is 0 Å². The Morgan fingerprint density at radius 2 is 1.97 bits per heavy atom. The average Bonchev–Trinajstić information content (AvgIpc) is 3.16. The number of phenolic OH excluding ortho intramolecular Hbond substituents is 1. The van der Waals surface area contributed by atoms with Crippen molar-refractivity contribution in [2.45, 2.75) is 52.0 Å². The molecule has 0 aliphatic heterocycles. The zero-order valence-electron chi connectivity index (χ0n) is 20.4. The highest BCUT2D eigenvalue weighted by atomic mass is 32.1. The number of aliphatic hydroxyl groups excluding tert-OH is 1. The molecular weight excluding hydrogens is 496 g/mol. The molecule has 0 aliphatic rings. The Kier molecular flexibility index (Phi) is 7.42. The molecule has 11 heteroatoms. The van der Waals surface area contributed by atoms with Crippen LogP contribution in [-0.2, 0) is 24.6 Å². The summed E-state index contributed by atoms with van der Waals surface area (Å²) < 4.78 is 9.39. The fourth-order valence-corrected chi connectivity index (χ4v) is 5.74. The van der Waals surface area contributed by atoms with Gasteiger partial charge in [-0.1, -0.05) is 43.3 Å². The third kappa shape index (κ3) is 5.12. The predicted molar refractivity (Wildman–Crippen MR) is 143 cm³/mol. The summed E-state index contributed by atoms with van der Waals surface area (Å²) in [6.07, 6.45) is 0.193. The monoisotopic (exact) mass is 524 g/mol. The molecule has 0 atom stereocenters. The molecule has 4 rings (SSSR count). The molecule has 36 heavy (non-hydrogen) atoms. The molecule has 0 aliphatic carbocycles. The Hall–Kier alpha value is -3.30. The zero-order valence-corrected chi connectivity index (χ0v) is 22.3. The van der Waals surface area contributed by atoms with Crippen LogP contribution in [0.2, 0.25) is 25.7 Å². The van der Waals surface area contributed by atoms with Crippen LogP contribution >= 0.6 is 11.5 Å². The highest BCUT2D eigenvalue weighted by Crippen LogP contribution is 2.31. The first-order chi connectivity index (χ1) is 17.1. The molecule has 0 unspecified atom stereocenters. The van der Waals surface area contributed by atoms with Gasteiger partial charge in [0.1, 0.15) is 23.7 Å². The summed E-state index contributed by atoms with van der Waals surface area (Å²) in [5, 5.41) is 29.7. The van der Waals surface area contributed by atoms with Gasteiger partial charge in [-0.2, -0.15) is 5.26 Å². The fraction of sp³-hybridized carbons (Fsp3) is 0.360. The summed E-state index contributed by atoms with van der Waals surface area (Å²) in [4.78, 5) is 31.1. The van der Waals surface area contributed by atoms with Crippen molar-refractivity contribution in [2.24, 2.45) is 0 Å². The first kappa shape index (κ1) is 25.8. The largest absolute Gasteiger partial charge is 0.506 e. The molecular formula is C25H28N4O5SSi. The lowest BCUT2D eigenvalue weighted by molar-refractivity contribution is 0.0878. The number of nitrogens with zero attached hydrogens (tertiary/aromatic N) is 4. The Morgan fingerprint density at radius 3 is 2.67 bits per heavy atom. The Morgan fingerprint density at radius 1 is 1.19 bits per heavy atom. The van der Waals surface area contributed by atoms with Crippen LogP contribution in [0.15, 0.2) is 39.9 Å². The van der Waals surface area contributed by atoms with E-state index in [0.717, 1.165) is 6.04 Å². The second kappa shape index (κ2) is 10.4. The lowest BCUT2D eigenvalue weighted by Crippen LogP contribution is -2.27. The Balaban J connectivity index is 1.91. The second-order valence-electron chi connectivity index (χ2n) is 9.77. The van der Waals surface area contributed by atoms with Gasteiger partial charge in [0.2, 0.25) is 0 Å². The van der Waals surface area contributed by atoms with E-state index in [1.807, 2.05) is 6.07 Å². The Labute approximate surface area is 212 Å². The van der Waals surface area contributed by atoms with Crippen molar-refractivity contribution in [3.63, 3.8) is 0 Å². The number of aliphatic hydroxyl groups is 1. The van der Waals surface area contributed by atoms with Crippen molar-refractivity contribution in [1.29, 1.82) is 5.26 Å². The van der Waals surface area contributed by atoms with Crippen molar-refractivity contribution in [3.05, 3.63) is 56.6 Å². The van der Waals surface area contributed by atoms with Crippen LogP contribution in [0.25, 0.3) is 32.4 Å². The van der Waals surface area contributed by atoms with Crippen molar-refractivity contribution in [1.82, 2.24) is 13.5 Å². The van der Waals surface area contributed by atoms with Crippen LogP contribution < -0.4 is 11.1 Å². The van der Waals surface area contributed by atoms with E-state index in [4.69, 9.17) is 10.00 Å². The third-order valence-corrected chi connectivity index (χ3v) is 8.74. The molecule has 0 saturated heterocycles. The number of benzene rings is 2. The van der Waals surface area contributed by atoms with E-state index in [1.165, 1.54) is 26.1 Å². The van der Waals surface area contributed by atoms with Gasteiger partial charge in [-0.3, -0.25) is 18.1 Å². The van der Waals surface area contributed by atoms with Crippen LogP contribution in [0.3, 0.4) is 0 Å². The van der Waals surface area contributed by atoms with Gasteiger partial charge in [0, 0.05) is 26.8 Å². The summed E-state index contributed by atoms with van der Waals surface area (Å²) in [5.41, 5.74) is 0.901. The van der Waals surface area contributed by atoms with E-state index in [9.17, 15) is 19.8 Å². The van der Waals surface area contributed by atoms with E-state index in [0.29, 0.717) is 33.3 Å². The van der Waals surface area contributed by atoms with E-state index < -0.39 is 13.6 Å². The molecule has 0 saturated carbocycles. The average molecular weight is 525 g/mol. The molecule has 0 spiro atoms. The molecule has 0 bridgehead atoms. The minimum Gasteiger partial charge on any atom is -0.506 e. The molecule has 2 heterocycles. The first-order valence-electron chi connectivity index (χ1n) is 11.6. The summed E-state index contributed by atoms with van der Waals surface area (Å²) in [6.45, 7) is 7.12. The van der Waals surface area contributed by atoms with Crippen molar-refractivity contribution >= 4 is 40.7 Å². The lowest BCUT2D eigenvalue weighted by Gasteiger charge is -2.17. The van der Waals surface area contributed by atoms with Gasteiger partial charge in [-0.25, -0.2) is 4.98 Å². The van der Waals surface area contributed by atoms with Crippen LogP contribution in [0.1, 0.15) is 12.0 Å². The number of hydrogen-bond donors (Lipinski definition) is 2. The van der Waals surface area contributed by atoms with Gasteiger partial charge in [0.25, 0.3) is 11.1 Å². The predicted octanol–water partition coefficient (Wildman–Crippen LogP) is 3.86. The zero-order chi connectivity index (χ0) is 26.0. The summed E-state index contributed by atoms with van der Waals surface area (Å²) in [5.74, 6) is -0.166. The quantitative estimate of drug-likeness (QED) is 0.251. The van der Waals surface area contributed by atoms with Gasteiger partial charge >= 0.3 is 0 Å². The van der Waals surface area contributed by atoms with Gasteiger partial charge < -0.3 is 14.9 Å². The number of fused-ring (bicyclic) bond motifs is 2. The van der Waals surface area contributed by atoms with Gasteiger partial charge in [0.15, 0.2) is 0 Å². The number of nitriles is 1. The van der Waals surface area contributed by atoms with Crippen molar-refractivity contribution in [2.75, 3.05) is 6.61 Å². The summed E-state index contributed by atoms with van der Waals surface area (Å²) in [7, 11) is -1.34. The molecule has 9 nitrogen and oxygen atoms in total. The van der Waals surface area contributed by atoms with Gasteiger partial charge in [0.05, 0.1) is 34.7 Å². The molecule has 2 aromatic heterocycles. The van der Waals surface area contributed by atoms with E-state index in [2.05, 4.69) is 24.6 Å². The maximum atomic E-state index is 13.8. The number of aromatic nitrogens is 3. The third-order valence-electron chi connectivity index (χ3n) is 5.85. The molecule has 2 N–H and O–H groups in total. The Bertz CT molecular complexity index is 1590. The minimum absolute atomic E-state index is 0.0426. The maximum absolute atomic E-state index is 13.8. The highest BCUT2D eigenvalue weighted by Gasteiger charge is 2.20. The SMILES string of the molecule is C[Si](C)(C)CCOCn1c(=O)c(-c2cccc3c(=O)n(CCC#N)sc23)nc2c(O)cc(CO)cc21. The van der Waals surface area contributed by atoms with Gasteiger partial charge in [-0.15, -0.1) is 0 Å². The molecule has 4 aromatic rings. The standard InChI is InChI=1S/C25H28N4O5SSi/c1-36(2,3)11-10-34-15-28-19-12-16(14-30)13-20(31)22(19)27-21(25(28)33)17-6-4-7-18-23(17)35-29(24(18)32)9-5-8-26/h4,6-7,12-13,30-31H,5,9-11,14-15H2,1-3H3. The van der Waals surface area contributed by atoms with E-state index in [-0.39, 0.29) is 48.8 Å². The van der Waals surface area contributed by atoms with Crippen LogP contribution in [-0.4, -0.2) is 38.4 Å². The highest BCUT2D eigenvalue weighted by molar-refractivity contribution is 7.14. The summed E-state index contributed by atoms with van der Waals surface area (Å²) >= 11 is 1.18. The van der Waals surface area contributed by atoms with E-state index in [1.54, 1.807) is 24.3 Å². The van der Waals surface area contributed by atoms with Crippen LogP contribution in [0.5, 0.6) is 5.75 Å². The molecule has 0 radical (unpaired) electrons. The molecule has 188 valence electrons. The number of rotatable bonds is 9. The lowest BCUT2D eigenvalue weighted by atomic mass is 10.1. The second-order valence-corrected chi connectivity index (χ2v) is 16.4.